The van der Waals surface area contributed by atoms with Crippen LogP contribution in [0, 0.1) is 11.7 Å². The Labute approximate surface area is 462 Å². The molecular formula is C60H91FN9O8+. The summed E-state index contributed by atoms with van der Waals surface area (Å²) in [6, 6.07) is 18.0. The molecule has 1 aromatic heterocycles. The Bertz CT molecular complexity index is 2440. The number of nitrogens with zero attached hydrogens (tertiary/aromatic N) is 4. The molecule has 0 aliphatic heterocycles. The molecule has 3 aromatic carbocycles. The number of nitrogens with two attached hydrogens (primary N) is 2. The number of ether oxygens (including phenoxy) is 3. The summed E-state index contributed by atoms with van der Waals surface area (Å²) >= 11 is 0. The molecule has 18 heteroatoms. The topological polar surface area (TPSA) is 235 Å². The van der Waals surface area contributed by atoms with E-state index < -0.39 is 17.4 Å². The van der Waals surface area contributed by atoms with E-state index in [1.165, 1.54) is 51.0 Å². The largest absolute Gasteiger partial charge is 0.497 e. The van der Waals surface area contributed by atoms with Crippen LogP contribution in [-0.4, -0.2) is 120 Å². The zero-order valence-electron chi connectivity index (χ0n) is 47.1. The van der Waals surface area contributed by atoms with Crippen LogP contribution in [-0.2, 0) is 38.8 Å². The quantitative estimate of drug-likeness (QED) is 0.0181. The molecule has 5 rings (SSSR count). The highest BCUT2D eigenvalue weighted by molar-refractivity contribution is 5.77. The molecule has 1 heterocycles. The van der Waals surface area contributed by atoms with Gasteiger partial charge < -0.3 is 51.2 Å². The van der Waals surface area contributed by atoms with Crippen LogP contribution in [0.15, 0.2) is 66.9 Å². The number of hydrogen-bond acceptors (Lipinski definition) is 11. The summed E-state index contributed by atoms with van der Waals surface area (Å²) in [6.45, 7) is 8.43. The summed E-state index contributed by atoms with van der Waals surface area (Å²) in [5, 5.41) is 27.1. The number of carbonyl (C=O) groups is 4. The van der Waals surface area contributed by atoms with Crippen LogP contribution in [0.1, 0.15) is 152 Å². The minimum absolute atomic E-state index is 0.0398. The number of carboxylic acids is 1. The van der Waals surface area contributed by atoms with Gasteiger partial charge in [0.25, 0.3) is 0 Å². The second kappa shape index (κ2) is 33.4. The highest BCUT2D eigenvalue weighted by Crippen LogP contribution is 2.45. The number of nitrogens with one attached hydrogen (secondary N) is 3. The average molecular weight is 1090 g/mol. The predicted molar refractivity (Wildman–Crippen MR) is 302 cm³/mol. The van der Waals surface area contributed by atoms with E-state index in [9.17, 15) is 24.3 Å². The Kier molecular flexibility index (Phi) is 26.8. The molecule has 0 spiro atoms. The van der Waals surface area contributed by atoms with Crippen LogP contribution in [0.25, 0.3) is 11.1 Å². The van der Waals surface area contributed by atoms with Crippen LogP contribution in [0.3, 0.4) is 0 Å². The van der Waals surface area contributed by atoms with Crippen molar-refractivity contribution >= 4 is 23.7 Å². The number of aryl methyl sites for hydroxylation is 1. The first-order valence-corrected chi connectivity index (χ1v) is 28.6. The van der Waals surface area contributed by atoms with E-state index >= 15 is 4.39 Å². The fourth-order valence-electron chi connectivity index (χ4n) is 9.89. The van der Waals surface area contributed by atoms with Crippen molar-refractivity contribution in [2.45, 2.75) is 161 Å². The van der Waals surface area contributed by atoms with E-state index in [0.717, 1.165) is 68.2 Å². The van der Waals surface area contributed by atoms with Gasteiger partial charge in [-0.25, -0.2) is 9.07 Å². The van der Waals surface area contributed by atoms with Gasteiger partial charge in [0.15, 0.2) is 0 Å². The lowest BCUT2D eigenvalue weighted by Gasteiger charge is -2.34. The van der Waals surface area contributed by atoms with Crippen molar-refractivity contribution in [2.75, 3.05) is 66.5 Å². The molecule has 1 saturated carbocycles. The van der Waals surface area contributed by atoms with Crippen LogP contribution in [0.4, 0.5) is 4.39 Å². The minimum atomic E-state index is -0.801. The van der Waals surface area contributed by atoms with E-state index in [1.807, 2.05) is 74.2 Å². The van der Waals surface area contributed by atoms with Crippen molar-refractivity contribution in [3.8, 4) is 28.4 Å². The molecule has 0 saturated heterocycles. The fraction of sp³-hybridized carbons (Fsp3) is 0.600. The molecule has 17 nitrogen and oxygen atoms in total. The zero-order chi connectivity index (χ0) is 56.2. The second-order valence-corrected chi connectivity index (χ2v) is 22.0. The summed E-state index contributed by atoms with van der Waals surface area (Å²) in [5.41, 5.74) is 13.9. The number of carboxylic acid groups (broad SMARTS) is 1. The van der Waals surface area contributed by atoms with Gasteiger partial charge in [-0.15, -0.1) is 5.10 Å². The van der Waals surface area contributed by atoms with Crippen molar-refractivity contribution in [1.82, 2.24) is 30.9 Å². The molecule has 1 atom stereocenters. The first-order valence-electron chi connectivity index (χ1n) is 28.6. The number of unbranched alkanes of at least 4 members (excludes halogenated alkanes) is 11. The number of aromatic nitrogens is 3. The van der Waals surface area contributed by atoms with Gasteiger partial charge in [0.05, 0.1) is 71.8 Å². The first-order chi connectivity index (χ1) is 37.6. The van der Waals surface area contributed by atoms with E-state index in [2.05, 4.69) is 26.3 Å². The van der Waals surface area contributed by atoms with Crippen molar-refractivity contribution in [2.24, 2.45) is 17.4 Å². The summed E-state index contributed by atoms with van der Waals surface area (Å²) in [4.78, 5) is 48.8. The highest BCUT2D eigenvalue weighted by Gasteiger charge is 2.34. The van der Waals surface area contributed by atoms with Gasteiger partial charge in [0.1, 0.15) is 35.3 Å². The number of halogens is 1. The zero-order valence-corrected chi connectivity index (χ0v) is 47.1. The molecule has 3 amide bonds. The van der Waals surface area contributed by atoms with Gasteiger partial charge in [-0.05, 0) is 105 Å². The van der Waals surface area contributed by atoms with E-state index in [-0.39, 0.29) is 36.7 Å². The highest BCUT2D eigenvalue weighted by atomic mass is 19.1. The number of amides is 3. The first kappa shape index (κ1) is 62.7. The monoisotopic (exact) mass is 1080 g/mol. The Morgan fingerprint density at radius 2 is 1.37 bits per heavy atom. The molecule has 1 aliphatic carbocycles. The number of aliphatic carboxylic acids is 1. The number of likely N-dealkylation sites (N-methyl/N-ethyl adjacent to an activating group) is 1. The molecule has 0 bridgehead atoms. The number of benzene rings is 3. The lowest BCUT2D eigenvalue weighted by Crippen LogP contribution is -2.52. The second-order valence-electron chi connectivity index (χ2n) is 22.0. The molecular weight excluding hydrogens is 994 g/mol. The summed E-state index contributed by atoms with van der Waals surface area (Å²) in [7, 11) is 3.57. The summed E-state index contributed by atoms with van der Waals surface area (Å²) < 4.78 is 36.2. The van der Waals surface area contributed by atoms with Crippen LogP contribution in [0.5, 0.6) is 17.2 Å². The average Bonchev–Trinajstić information content (AvgIpc) is 4.18. The number of methoxy groups -OCH3 is 1. The van der Waals surface area contributed by atoms with Gasteiger partial charge >= 0.3 is 5.97 Å². The van der Waals surface area contributed by atoms with Gasteiger partial charge in [-0.3, -0.25) is 19.2 Å². The smallest absolute Gasteiger partial charge is 0.303 e. The van der Waals surface area contributed by atoms with Gasteiger partial charge in [0, 0.05) is 49.9 Å². The number of rotatable bonds is 41. The Morgan fingerprint density at radius 1 is 0.756 bits per heavy atom. The fourth-order valence-corrected chi connectivity index (χ4v) is 9.89. The van der Waals surface area contributed by atoms with Crippen LogP contribution in [0.2, 0.25) is 0 Å². The van der Waals surface area contributed by atoms with Gasteiger partial charge in [-0.2, -0.15) is 0 Å². The SMILES string of the molecule is COc1ccc(F)c(-c2ccc(COc3cccc([C@@H](CC(=O)O)C4CC4)c3)cc2OC(C)(C)Cn2cc(CCCCCCCCCCCCCCC(=O)NCC[N+](C)(CCC(=O)NCCN)CCC(=O)NCCN)nn2)c1. The molecule has 0 unspecified atom stereocenters. The van der Waals surface area contributed by atoms with E-state index in [0.29, 0.717) is 117 Å². The van der Waals surface area contributed by atoms with Gasteiger partial charge in [-0.1, -0.05) is 93.7 Å². The Balaban J connectivity index is 0.962. The van der Waals surface area contributed by atoms with Crippen molar-refractivity contribution < 1.29 is 47.4 Å². The third-order valence-corrected chi connectivity index (χ3v) is 14.6. The molecule has 0 radical (unpaired) electrons. The molecule has 1 aliphatic rings. The van der Waals surface area contributed by atoms with Crippen molar-refractivity contribution in [1.29, 1.82) is 0 Å². The number of quaternary nitrogens is 1. The lowest BCUT2D eigenvalue weighted by molar-refractivity contribution is -0.907. The molecule has 1 fully saturated rings. The molecule has 78 heavy (non-hydrogen) atoms. The molecule has 4 aromatic rings. The number of hydrogen-bond donors (Lipinski definition) is 6. The Hall–Kier alpha value is -6.11. The van der Waals surface area contributed by atoms with Crippen LogP contribution >= 0.6 is 0 Å². The summed E-state index contributed by atoms with van der Waals surface area (Å²) in [6.07, 6.45) is 19.9. The van der Waals surface area contributed by atoms with E-state index in [4.69, 9.17) is 25.7 Å². The van der Waals surface area contributed by atoms with Crippen LogP contribution < -0.4 is 41.6 Å². The third kappa shape index (κ3) is 23.5. The van der Waals surface area contributed by atoms with Crippen molar-refractivity contribution in [3.05, 3.63) is 89.5 Å². The predicted octanol–water partition coefficient (Wildman–Crippen LogP) is 8.60. The maximum absolute atomic E-state index is 15.5. The normalized spacial score (nSPS) is 13.0. The van der Waals surface area contributed by atoms with Gasteiger partial charge in [0.2, 0.25) is 17.7 Å². The Morgan fingerprint density at radius 3 is 1.99 bits per heavy atom. The minimum Gasteiger partial charge on any atom is -0.497 e. The molecule has 8 N–H and O–H groups in total. The third-order valence-electron chi connectivity index (χ3n) is 14.6. The van der Waals surface area contributed by atoms with E-state index in [1.54, 1.807) is 19.2 Å². The number of carbonyl (C=O) groups excluding carboxylic acids is 3. The van der Waals surface area contributed by atoms with Crippen molar-refractivity contribution in [3.63, 3.8) is 0 Å². The summed E-state index contributed by atoms with van der Waals surface area (Å²) in [5.74, 6) is 0.714. The lowest BCUT2D eigenvalue weighted by atomic mass is 9.91. The molecule has 430 valence electrons. The standard InChI is InChI=1S/C60H90FN9O8/c1-60(2,78-55-38-45(22-26-51(55)53-40-49(76-4)25-27-54(53)61)43-77-50-20-17-18-47(39-50)52(41-59(74)75)46-23-24-46)44-69-42-48(67-68-69)19-15-13-11-9-7-5-6-8-10-12-14-16-21-56(71)66-34-37-70(3,35-28-57(72)64-32-30-62)36-29-58(73)65-33-31-63/h17-18,20,22,25-27,38-40,42,46,52H,5-16,19,21,23-24,28-37,41,43-44,62-63H2,1-4H3,(H3-,64,65,66,71,72,73,74,75)/p+1/t52-/m0/s1. The maximum Gasteiger partial charge on any atom is 0.303 e. The maximum atomic E-state index is 15.5.